The number of para-hydroxylation sites is 1. The molecule has 0 bridgehead atoms. The number of methoxy groups -OCH3 is 1. The third kappa shape index (κ3) is 2.14. The van der Waals surface area contributed by atoms with Crippen LogP contribution in [0.1, 0.15) is 10.4 Å². The first-order chi connectivity index (χ1) is 10.1. The Hall–Kier alpha value is -3.09. The van der Waals surface area contributed by atoms with E-state index in [1.165, 1.54) is 17.7 Å². The molecule has 1 aromatic carbocycles. The molecule has 21 heavy (non-hydrogen) atoms. The number of fused-ring (bicyclic) bond motifs is 1. The van der Waals surface area contributed by atoms with Gasteiger partial charge in [-0.15, -0.1) is 5.10 Å². The average Bonchev–Trinajstić information content (AvgIpc) is 2.84. The third-order valence-corrected chi connectivity index (χ3v) is 3.12. The minimum Gasteiger partial charge on any atom is -0.496 e. The van der Waals surface area contributed by atoms with E-state index in [9.17, 15) is 9.90 Å². The number of carboxylic acid groups (broad SMARTS) is 1. The van der Waals surface area contributed by atoms with E-state index in [0.717, 1.165) is 0 Å². The fourth-order valence-electron chi connectivity index (χ4n) is 2.20. The highest BCUT2D eigenvalue weighted by Crippen LogP contribution is 2.32. The number of nitrogens with zero attached hydrogens (tertiary/aromatic N) is 3. The lowest BCUT2D eigenvalue weighted by atomic mass is 10.0. The smallest absolute Gasteiger partial charge is 0.336 e. The van der Waals surface area contributed by atoms with Gasteiger partial charge in [0.25, 0.3) is 0 Å². The summed E-state index contributed by atoms with van der Waals surface area (Å²) in [5, 5.41) is 13.4. The molecule has 7 heteroatoms. The molecule has 3 rings (SSSR count). The number of hydrogen-bond acceptors (Lipinski definition) is 5. The molecule has 0 radical (unpaired) electrons. The van der Waals surface area contributed by atoms with Crippen LogP contribution in [0.4, 0.5) is 5.95 Å². The Bertz CT molecular complexity index is 841. The zero-order chi connectivity index (χ0) is 15.0. The minimum atomic E-state index is -1.06. The predicted molar refractivity (Wildman–Crippen MR) is 76.3 cm³/mol. The Kier molecular flexibility index (Phi) is 2.94. The lowest BCUT2D eigenvalue weighted by molar-refractivity contribution is 0.0697. The van der Waals surface area contributed by atoms with Crippen LogP contribution in [0.3, 0.4) is 0 Å². The van der Waals surface area contributed by atoms with E-state index in [-0.39, 0.29) is 11.5 Å². The van der Waals surface area contributed by atoms with Gasteiger partial charge in [0.15, 0.2) is 5.65 Å². The maximum absolute atomic E-state index is 11.5. The Morgan fingerprint density at radius 2 is 2.10 bits per heavy atom. The summed E-state index contributed by atoms with van der Waals surface area (Å²) in [5.74, 6) is -0.393. The van der Waals surface area contributed by atoms with E-state index in [1.54, 1.807) is 18.3 Å². The zero-order valence-corrected chi connectivity index (χ0v) is 11.1. The number of anilines is 1. The number of nitrogen functional groups attached to an aromatic ring is 1. The van der Waals surface area contributed by atoms with Gasteiger partial charge in [0.05, 0.1) is 12.7 Å². The van der Waals surface area contributed by atoms with Crippen molar-refractivity contribution in [1.29, 1.82) is 0 Å². The summed E-state index contributed by atoms with van der Waals surface area (Å²) in [6.07, 6.45) is 1.58. The van der Waals surface area contributed by atoms with Gasteiger partial charge in [-0.3, -0.25) is 0 Å². The molecule has 0 aliphatic carbocycles. The lowest BCUT2D eigenvalue weighted by Gasteiger charge is -2.11. The minimum absolute atomic E-state index is 0.0866. The second kappa shape index (κ2) is 4.78. The Morgan fingerprint density at radius 3 is 2.81 bits per heavy atom. The first kappa shape index (κ1) is 12.9. The van der Waals surface area contributed by atoms with Crippen molar-refractivity contribution in [2.24, 2.45) is 0 Å². The van der Waals surface area contributed by atoms with E-state index < -0.39 is 5.97 Å². The largest absolute Gasteiger partial charge is 0.496 e. The number of ether oxygens (including phenoxy) is 1. The number of aromatic carboxylic acids is 1. The third-order valence-electron chi connectivity index (χ3n) is 3.12. The van der Waals surface area contributed by atoms with Crippen molar-refractivity contribution in [3.63, 3.8) is 0 Å². The second-order valence-electron chi connectivity index (χ2n) is 4.38. The molecule has 0 saturated carbocycles. The summed E-state index contributed by atoms with van der Waals surface area (Å²) in [4.78, 5) is 15.5. The van der Waals surface area contributed by atoms with Crippen molar-refractivity contribution in [3.8, 4) is 16.9 Å². The van der Waals surface area contributed by atoms with E-state index in [2.05, 4.69) is 10.1 Å². The number of hydrogen-bond donors (Lipinski definition) is 2. The molecule has 0 amide bonds. The monoisotopic (exact) mass is 284 g/mol. The SMILES string of the molecule is COc1ccccc1-c1cn2nc(N)nc2cc1C(=O)O. The van der Waals surface area contributed by atoms with Crippen LogP contribution in [-0.4, -0.2) is 32.8 Å². The molecule has 0 aliphatic heterocycles. The summed E-state index contributed by atoms with van der Waals surface area (Å²) in [5.41, 5.74) is 7.18. The number of nitrogens with two attached hydrogens (primary N) is 1. The number of aromatic nitrogens is 3. The van der Waals surface area contributed by atoms with Gasteiger partial charge < -0.3 is 15.6 Å². The van der Waals surface area contributed by atoms with E-state index in [4.69, 9.17) is 10.5 Å². The zero-order valence-electron chi connectivity index (χ0n) is 11.1. The molecular weight excluding hydrogens is 272 g/mol. The van der Waals surface area contributed by atoms with Gasteiger partial charge in [-0.1, -0.05) is 18.2 Å². The molecule has 0 aliphatic rings. The number of carboxylic acids is 1. The number of benzene rings is 1. The Morgan fingerprint density at radius 1 is 1.33 bits per heavy atom. The van der Waals surface area contributed by atoms with Gasteiger partial charge in [-0.05, 0) is 12.1 Å². The van der Waals surface area contributed by atoms with Crippen molar-refractivity contribution in [1.82, 2.24) is 14.6 Å². The van der Waals surface area contributed by atoms with Crippen LogP contribution < -0.4 is 10.5 Å². The lowest BCUT2D eigenvalue weighted by Crippen LogP contribution is -2.03. The highest BCUT2D eigenvalue weighted by Gasteiger charge is 2.17. The van der Waals surface area contributed by atoms with E-state index in [0.29, 0.717) is 22.5 Å². The molecule has 0 atom stereocenters. The van der Waals surface area contributed by atoms with Gasteiger partial charge in [-0.2, -0.15) is 4.98 Å². The highest BCUT2D eigenvalue weighted by molar-refractivity contribution is 5.97. The van der Waals surface area contributed by atoms with Gasteiger partial charge in [0.2, 0.25) is 5.95 Å². The summed E-state index contributed by atoms with van der Waals surface area (Å²) in [6, 6.07) is 8.61. The molecule has 0 unspecified atom stereocenters. The number of rotatable bonds is 3. The molecule has 106 valence electrons. The molecule has 2 aromatic heterocycles. The maximum Gasteiger partial charge on any atom is 0.336 e. The van der Waals surface area contributed by atoms with Crippen molar-refractivity contribution in [2.75, 3.05) is 12.8 Å². The summed E-state index contributed by atoms with van der Waals surface area (Å²) < 4.78 is 6.74. The molecule has 2 heterocycles. The van der Waals surface area contributed by atoms with Gasteiger partial charge in [0, 0.05) is 17.3 Å². The molecule has 7 nitrogen and oxygen atoms in total. The van der Waals surface area contributed by atoms with Crippen LogP contribution in [0.5, 0.6) is 5.75 Å². The van der Waals surface area contributed by atoms with Crippen LogP contribution in [0, 0.1) is 0 Å². The molecule has 3 N–H and O–H groups in total. The Labute approximate surface area is 119 Å². The normalized spacial score (nSPS) is 10.7. The topological polar surface area (TPSA) is 103 Å². The standard InChI is InChI=1S/C14H12N4O3/c1-21-11-5-3-2-4-8(11)10-7-18-12(16-14(15)17-18)6-9(10)13(19)20/h2-7H,1H3,(H2,15,17)(H,19,20). The maximum atomic E-state index is 11.5. The van der Waals surface area contributed by atoms with E-state index >= 15 is 0 Å². The second-order valence-corrected chi connectivity index (χ2v) is 4.38. The first-order valence-electron chi connectivity index (χ1n) is 6.12. The van der Waals surface area contributed by atoms with Crippen LogP contribution in [0.15, 0.2) is 36.5 Å². The van der Waals surface area contributed by atoms with Crippen LogP contribution >= 0.6 is 0 Å². The molecule has 3 aromatic rings. The van der Waals surface area contributed by atoms with Gasteiger partial charge in [-0.25, -0.2) is 9.31 Å². The summed E-state index contributed by atoms with van der Waals surface area (Å²) in [7, 11) is 1.53. The first-order valence-corrected chi connectivity index (χ1v) is 6.12. The molecular formula is C14H12N4O3. The molecule has 0 fully saturated rings. The fraction of sp³-hybridized carbons (Fsp3) is 0.0714. The quantitative estimate of drug-likeness (QED) is 0.758. The summed E-state index contributed by atoms with van der Waals surface area (Å²) >= 11 is 0. The van der Waals surface area contributed by atoms with Gasteiger partial charge in [0.1, 0.15) is 5.75 Å². The van der Waals surface area contributed by atoms with Crippen LogP contribution in [0.2, 0.25) is 0 Å². The van der Waals surface area contributed by atoms with Crippen molar-refractivity contribution >= 4 is 17.6 Å². The summed E-state index contributed by atoms with van der Waals surface area (Å²) in [6.45, 7) is 0. The molecule has 0 spiro atoms. The highest BCUT2D eigenvalue weighted by atomic mass is 16.5. The number of pyridine rings is 1. The predicted octanol–water partition coefficient (Wildman–Crippen LogP) is 1.69. The molecule has 0 saturated heterocycles. The van der Waals surface area contributed by atoms with Crippen molar-refractivity contribution in [3.05, 3.63) is 42.1 Å². The van der Waals surface area contributed by atoms with Crippen molar-refractivity contribution < 1.29 is 14.6 Å². The van der Waals surface area contributed by atoms with Gasteiger partial charge >= 0.3 is 5.97 Å². The van der Waals surface area contributed by atoms with E-state index in [1.807, 2.05) is 12.1 Å². The fourth-order valence-corrected chi connectivity index (χ4v) is 2.20. The van der Waals surface area contributed by atoms with Crippen molar-refractivity contribution in [2.45, 2.75) is 0 Å². The van der Waals surface area contributed by atoms with Crippen LogP contribution in [-0.2, 0) is 0 Å². The van der Waals surface area contributed by atoms with Crippen LogP contribution in [0.25, 0.3) is 16.8 Å². The number of carbonyl (C=O) groups is 1. The average molecular weight is 284 g/mol. The Balaban J connectivity index is 2.34.